The quantitative estimate of drug-likeness (QED) is 0.617. The smallest absolute Gasteiger partial charge is 0.287 e. The highest BCUT2D eigenvalue weighted by atomic mass is 16.6. The number of aromatic nitrogens is 1. The lowest BCUT2D eigenvalue weighted by molar-refractivity contribution is -0.385. The molecule has 2 rings (SSSR count). The van der Waals surface area contributed by atoms with E-state index in [9.17, 15) is 10.1 Å². The lowest BCUT2D eigenvalue weighted by atomic mass is 9.88. The van der Waals surface area contributed by atoms with Gasteiger partial charge in [-0.15, -0.1) is 0 Å². The molecule has 1 aromatic rings. The van der Waals surface area contributed by atoms with Gasteiger partial charge in [-0.25, -0.2) is 4.98 Å². The van der Waals surface area contributed by atoms with Gasteiger partial charge in [0.15, 0.2) is 0 Å². The molecule has 1 aliphatic rings. The van der Waals surface area contributed by atoms with E-state index in [-0.39, 0.29) is 5.69 Å². The summed E-state index contributed by atoms with van der Waals surface area (Å²) in [6, 6.07) is 3.83. The Bertz CT molecular complexity index is 433. The minimum Gasteiger partial charge on any atom is -0.353 e. The summed E-state index contributed by atoms with van der Waals surface area (Å²) < 4.78 is 0. The lowest BCUT2D eigenvalue weighted by Gasteiger charge is -2.41. The summed E-state index contributed by atoms with van der Waals surface area (Å²) in [5.41, 5.74) is 0.0563. The van der Waals surface area contributed by atoms with Crippen molar-refractivity contribution in [3.63, 3.8) is 0 Å². The van der Waals surface area contributed by atoms with Crippen LogP contribution in [0.1, 0.15) is 39.5 Å². The standard InChI is InChI=1S/C14H21N3O2/c1-3-5-13-11(2)6-4-9-16(13)14-8-7-12(10-15-14)17(18)19/h7-8,10-11,13H,3-6,9H2,1-2H3/t11-,13+/m1/s1. The molecule has 0 saturated carbocycles. The van der Waals surface area contributed by atoms with Gasteiger partial charge in [0.2, 0.25) is 0 Å². The molecule has 0 amide bonds. The number of hydrogen-bond donors (Lipinski definition) is 0. The first kappa shape index (κ1) is 13.8. The van der Waals surface area contributed by atoms with Crippen molar-refractivity contribution < 1.29 is 4.92 Å². The van der Waals surface area contributed by atoms with Gasteiger partial charge in [-0.05, 0) is 31.2 Å². The largest absolute Gasteiger partial charge is 0.353 e. The normalized spacial score (nSPS) is 23.4. The van der Waals surface area contributed by atoms with Crippen LogP contribution >= 0.6 is 0 Å². The maximum atomic E-state index is 10.7. The fourth-order valence-electron chi connectivity index (χ4n) is 2.93. The molecule has 104 valence electrons. The summed E-state index contributed by atoms with van der Waals surface area (Å²) in [6.07, 6.45) is 6.09. The summed E-state index contributed by atoms with van der Waals surface area (Å²) in [5.74, 6) is 1.53. The maximum absolute atomic E-state index is 10.7. The van der Waals surface area contributed by atoms with E-state index in [0.29, 0.717) is 12.0 Å². The highest BCUT2D eigenvalue weighted by Crippen LogP contribution is 2.30. The molecule has 1 saturated heterocycles. The number of pyridine rings is 1. The third kappa shape index (κ3) is 3.03. The number of piperidine rings is 1. The topological polar surface area (TPSA) is 59.3 Å². The predicted molar refractivity (Wildman–Crippen MR) is 75.3 cm³/mol. The molecule has 2 atom stereocenters. The fraction of sp³-hybridized carbons (Fsp3) is 0.643. The molecule has 0 aliphatic carbocycles. The molecule has 5 nitrogen and oxygen atoms in total. The van der Waals surface area contributed by atoms with Crippen molar-refractivity contribution in [1.82, 2.24) is 4.98 Å². The zero-order valence-electron chi connectivity index (χ0n) is 11.6. The average molecular weight is 263 g/mol. The Morgan fingerprint density at radius 3 is 2.89 bits per heavy atom. The molecule has 5 heteroatoms. The van der Waals surface area contributed by atoms with Crippen LogP contribution in [-0.4, -0.2) is 22.5 Å². The molecule has 2 heterocycles. The van der Waals surface area contributed by atoms with E-state index in [1.807, 2.05) is 0 Å². The van der Waals surface area contributed by atoms with Gasteiger partial charge in [-0.2, -0.15) is 0 Å². The van der Waals surface area contributed by atoms with E-state index in [0.717, 1.165) is 25.2 Å². The lowest BCUT2D eigenvalue weighted by Crippen LogP contribution is -2.44. The van der Waals surface area contributed by atoms with Gasteiger partial charge in [0.05, 0.1) is 4.92 Å². The van der Waals surface area contributed by atoms with Crippen LogP contribution in [0.3, 0.4) is 0 Å². The zero-order chi connectivity index (χ0) is 13.8. The number of hydrogen-bond acceptors (Lipinski definition) is 4. The molecule has 0 N–H and O–H groups in total. The van der Waals surface area contributed by atoms with Crippen molar-refractivity contribution in [2.75, 3.05) is 11.4 Å². The number of anilines is 1. The average Bonchev–Trinajstić information content (AvgIpc) is 2.41. The van der Waals surface area contributed by atoms with Crippen LogP contribution in [0.15, 0.2) is 18.3 Å². The molecule has 1 fully saturated rings. The third-order valence-corrected chi connectivity index (χ3v) is 3.94. The van der Waals surface area contributed by atoms with E-state index in [4.69, 9.17) is 0 Å². The second kappa shape index (κ2) is 5.99. The van der Waals surface area contributed by atoms with Crippen LogP contribution in [0.4, 0.5) is 11.5 Å². The summed E-state index contributed by atoms with van der Waals surface area (Å²) >= 11 is 0. The van der Waals surface area contributed by atoms with Gasteiger partial charge in [-0.1, -0.05) is 20.3 Å². The summed E-state index contributed by atoms with van der Waals surface area (Å²) in [5, 5.41) is 10.7. The van der Waals surface area contributed by atoms with Crippen LogP contribution in [0, 0.1) is 16.0 Å². The Kier molecular flexibility index (Phi) is 4.35. The second-order valence-electron chi connectivity index (χ2n) is 5.30. The molecule has 0 unspecified atom stereocenters. The highest BCUT2D eigenvalue weighted by Gasteiger charge is 2.28. The fourth-order valence-corrected chi connectivity index (χ4v) is 2.93. The first-order valence-corrected chi connectivity index (χ1v) is 7.00. The number of rotatable bonds is 4. The van der Waals surface area contributed by atoms with Crippen LogP contribution in [0.25, 0.3) is 0 Å². The van der Waals surface area contributed by atoms with Gasteiger partial charge < -0.3 is 4.90 Å². The Hall–Kier alpha value is -1.65. The van der Waals surface area contributed by atoms with Crippen molar-refractivity contribution in [2.45, 2.75) is 45.6 Å². The van der Waals surface area contributed by atoms with E-state index in [2.05, 4.69) is 23.7 Å². The van der Waals surface area contributed by atoms with Crippen molar-refractivity contribution in [1.29, 1.82) is 0 Å². The van der Waals surface area contributed by atoms with E-state index >= 15 is 0 Å². The SMILES string of the molecule is CCC[C@H]1[C@H](C)CCCN1c1ccc([N+](=O)[O-])cn1. The molecule has 19 heavy (non-hydrogen) atoms. The highest BCUT2D eigenvalue weighted by molar-refractivity contribution is 5.44. The third-order valence-electron chi connectivity index (χ3n) is 3.94. The minimum absolute atomic E-state index is 0.0563. The summed E-state index contributed by atoms with van der Waals surface area (Å²) in [7, 11) is 0. The van der Waals surface area contributed by atoms with E-state index < -0.39 is 4.92 Å². The van der Waals surface area contributed by atoms with Gasteiger partial charge >= 0.3 is 0 Å². The summed E-state index contributed by atoms with van der Waals surface area (Å²) in [6.45, 7) is 5.49. The Balaban J connectivity index is 2.20. The summed E-state index contributed by atoms with van der Waals surface area (Å²) in [4.78, 5) is 16.9. The molecule has 1 aromatic heterocycles. The van der Waals surface area contributed by atoms with E-state index in [1.165, 1.54) is 19.0 Å². The van der Waals surface area contributed by atoms with Gasteiger partial charge in [-0.3, -0.25) is 10.1 Å². The second-order valence-corrected chi connectivity index (χ2v) is 5.30. The minimum atomic E-state index is -0.404. The molecule has 0 aromatic carbocycles. The van der Waals surface area contributed by atoms with Gasteiger partial charge in [0.1, 0.15) is 12.0 Å². The molecule has 1 aliphatic heterocycles. The first-order chi connectivity index (χ1) is 9.13. The van der Waals surface area contributed by atoms with Crippen LogP contribution in [-0.2, 0) is 0 Å². The molecule has 0 radical (unpaired) electrons. The van der Waals surface area contributed by atoms with Crippen LogP contribution < -0.4 is 4.90 Å². The Morgan fingerprint density at radius 1 is 1.53 bits per heavy atom. The van der Waals surface area contributed by atoms with E-state index in [1.54, 1.807) is 12.1 Å². The van der Waals surface area contributed by atoms with Crippen LogP contribution in [0.5, 0.6) is 0 Å². The molecular formula is C14H21N3O2. The molecular weight excluding hydrogens is 242 g/mol. The number of nitrogens with zero attached hydrogens (tertiary/aromatic N) is 3. The Labute approximate surface area is 113 Å². The van der Waals surface area contributed by atoms with Gasteiger partial charge in [0, 0.05) is 18.7 Å². The maximum Gasteiger partial charge on any atom is 0.287 e. The predicted octanol–water partition coefficient (Wildman–Crippen LogP) is 3.39. The Morgan fingerprint density at radius 2 is 2.32 bits per heavy atom. The molecule has 0 spiro atoms. The van der Waals surface area contributed by atoms with Crippen molar-refractivity contribution in [2.24, 2.45) is 5.92 Å². The number of nitro groups is 1. The zero-order valence-corrected chi connectivity index (χ0v) is 11.6. The van der Waals surface area contributed by atoms with Crippen LogP contribution in [0.2, 0.25) is 0 Å². The van der Waals surface area contributed by atoms with Gasteiger partial charge in [0.25, 0.3) is 5.69 Å². The van der Waals surface area contributed by atoms with Crippen molar-refractivity contribution in [3.8, 4) is 0 Å². The molecule has 0 bridgehead atoms. The monoisotopic (exact) mass is 263 g/mol. The van der Waals surface area contributed by atoms with Crippen molar-refractivity contribution in [3.05, 3.63) is 28.4 Å². The van der Waals surface area contributed by atoms with Crippen molar-refractivity contribution >= 4 is 11.5 Å². The first-order valence-electron chi connectivity index (χ1n) is 7.00.